The molecule has 0 bridgehead atoms. The minimum atomic E-state index is -3.39. The van der Waals surface area contributed by atoms with Gasteiger partial charge in [-0.3, -0.25) is 4.79 Å². The number of anilines is 1. The van der Waals surface area contributed by atoms with Gasteiger partial charge in [0.25, 0.3) is 0 Å². The minimum Gasteiger partial charge on any atom is -0.325 e. The molecule has 1 aromatic rings. The van der Waals surface area contributed by atoms with Crippen molar-refractivity contribution in [3.63, 3.8) is 0 Å². The van der Waals surface area contributed by atoms with Crippen molar-refractivity contribution in [3.05, 3.63) is 28.8 Å². The summed E-state index contributed by atoms with van der Waals surface area (Å²) >= 11 is 5.90. The van der Waals surface area contributed by atoms with Crippen molar-refractivity contribution in [3.8, 4) is 0 Å². The Kier molecular flexibility index (Phi) is 4.16. The largest absolute Gasteiger partial charge is 0.325 e. The number of sulfone groups is 1. The molecule has 0 aliphatic rings. The highest BCUT2D eigenvalue weighted by Crippen LogP contribution is 2.23. The number of carbonyl (C=O) groups is 1. The van der Waals surface area contributed by atoms with Gasteiger partial charge in [-0.2, -0.15) is 0 Å². The highest BCUT2D eigenvalue weighted by molar-refractivity contribution is 7.92. The molecular weight excluding hydrogens is 262 g/mol. The fraction of sp³-hybridized carbons (Fsp3) is 0.364. The Balaban J connectivity index is 2.93. The molecule has 4 nitrogen and oxygen atoms in total. The number of hydrogen-bond donors (Lipinski definition) is 1. The van der Waals surface area contributed by atoms with Gasteiger partial charge in [-0.1, -0.05) is 17.7 Å². The summed E-state index contributed by atoms with van der Waals surface area (Å²) in [6.07, 6.45) is 1.03. The molecule has 1 amide bonds. The zero-order chi connectivity index (χ0) is 13.2. The van der Waals surface area contributed by atoms with Crippen LogP contribution in [0.25, 0.3) is 0 Å². The number of carbonyl (C=O) groups excluding carboxylic acids is 1. The fourth-order valence-electron chi connectivity index (χ4n) is 1.17. The van der Waals surface area contributed by atoms with Crippen molar-refractivity contribution < 1.29 is 13.2 Å². The third-order valence-corrected chi connectivity index (χ3v) is 4.45. The third-order valence-electron chi connectivity index (χ3n) is 2.54. The van der Waals surface area contributed by atoms with E-state index in [-0.39, 0.29) is 0 Å². The van der Waals surface area contributed by atoms with Crippen LogP contribution >= 0.6 is 11.6 Å². The molecule has 1 atom stereocenters. The molecule has 0 aliphatic carbocycles. The number of benzene rings is 1. The first kappa shape index (κ1) is 14.0. The number of amides is 1. The molecule has 1 aromatic carbocycles. The molecule has 0 aromatic heterocycles. The van der Waals surface area contributed by atoms with Gasteiger partial charge in [0.1, 0.15) is 5.25 Å². The molecule has 1 N–H and O–H groups in total. The van der Waals surface area contributed by atoms with Gasteiger partial charge in [0.15, 0.2) is 9.84 Å². The van der Waals surface area contributed by atoms with Crippen LogP contribution in [0.5, 0.6) is 0 Å². The van der Waals surface area contributed by atoms with Crippen LogP contribution in [0.1, 0.15) is 12.5 Å². The van der Waals surface area contributed by atoms with Crippen molar-refractivity contribution in [2.45, 2.75) is 19.1 Å². The van der Waals surface area contributed by atoms with E-state index in [1.807, 2.05) is 0 Å². The Bertz CT molecular complexity index is 540. The fourth-order valence-corrected chi connectivity index (χ4v) is 1.79. The van der Waals surface area contributed by atoms with E-state index in [4.69, 9.17) is 11.6 Å². The molecule has 0 heterocycles. The monoisotopic (exact) mass is 275 g/mol. The van der Waals surface area contributed by atoms with E-state index in [1.165, 1.54) is 6.92 Å². The lowest BCUT2D eigenvalue weighted by molar-refractivity contribution is -0.115. The van der Waals surface area contributed by atoms with Crippen LogP contribution in [0.2, 0.25) is 5.02 Å². The van der Waals surface area contributed by atoms with Crippen molar-refractivity contribution in [2.75, 3.05) is 11.6 Å². The highest BCUT2D eigenvalue weighted by Gasteiger charge is 2.23. The van der Waals surface area contributed by atoms with Crippen LogP contribution in [0.15, 0.2) is 18.2 Å². The molecule has 1 rings (SSSR count). The Morgan fingerprint density at radius 2 is 2.00 bits per heavy atom. The van der Waals surface area contributed by atoms with E-state index in [2.05, 4.69) is 5.32 Å². The Hall–Kier alpha value is -1.07. The van der Waals surface area contributed by atoms with E-state index in [0.29, 0.717) is 16.3 Å². The van der Waals surface area contributed by atoms with Gasteiger partial charge >= 0.3 is 0 Å². The maximum absolute atomic E-state index is 11.7. The first-order valence-corrected chi connectivity index (χ1v) is 7.31. The molecule has 6 heteroatoms. The first-order valence-electron chi connectivity index (χ1n) is 4.98. The zero-order valence-corrected chi connectivity index (χ0v) is 11.4. The molecule has 0 saturated carbocycles. The van der Waals surface area contributed by atoms with Crippen molar-refractivity contribution in [1.29, 1.82) is 0 Å². The summed E-state index contributed by atoms with van der Waals surface area (Å²) in [5.41, 5.74) is 1.24. The summed E-state index contributed by atoms with van der Waals surface area (Å²) in [7, 11) is -3.39. The van der Waals surface area contributed by atoms with Crippen molar-refractivity contribution in [1.82, 2.24) is 0 Å². The predicted octanol–water partition coefficient (Wildman–Crippen LogP) is 2.02. The predicted molar refractivity (Wildman–Crippen MR) is 69.1 cm³/mol. The van der Waals surface area contributed by atoms with Gasteiger partial charge in [0.05, 0.1) is 0 Å². The maximum atomic E-state index is 11.7. The highest BCUT2D eigenvalue weighted by atomic mass is 35.5. The Labute approximate surface area is 106 Å². The van der Waals surface area contributed by atoms with E-state index >= 15 is 0 Å². The van der Waals surface area contributed by atoms with Crippen LogP contribution in [-0.2, 0) is 14.6 Å². The second-order valence-electron chi connectivity index (χ2n) is 3.87. The maximum Gasteiger partial charge on any atom is 0.242 e. The average Bonchev–Trinajstić information content (AvgIpc) is 2.22. The van der Waals surface area contributed by atoms with Crippen molar-refractivity contribution >= 4 is 33.0 Å². The van der Waals surface area contributed by atoms with E-state index in [1.54, 1.807) is 25.1 Å². The zero-order valence-electron chi connectivity index (χ0n) is 9.82. The summed E-state index contributed by atoms with van der Waals surface area (Å²) in [6, 6.07) is 5.07. The van der Waals surface area contributed by atoms with Crippen LogP contribution in [0.3, 0.4) is 0 Å². The number of halogens is 1. The molecule has 17 heavy (non-hydrogen) atoms. The van der Waals surface area contributed by atoms with Gasteiger partial charge in [-0.15, -0.1) is 0 Å². The lowest BCUT2D eigenvalue weighted by Gasteiger charge is -2.12. The van der Waals surface area contributed by atoms with Gasteiger partial charge in [-0.25, -0.2) is 8.42 Å². The van der Waals surface area contributed by atoms with Gasteiger partial charge < -0.3 is 5.32 Å². The normalized spacial score (nSPS) is 13.2. The lowest BCUT2D eigenvalue weighted by Crippen LogP contribution is -2.32. The SMILES string of the molecule is Cc1c(Cl)cccc1NC(=O)[C@H](C)S(C)(=O)=O. The standard InChI is InChI=1S/C11H14ClNO3S/c1-7-9(12)5-4-6-10(7)13-11(14)8(2)17(3,15)16/h4-6,8H,1-3H3,(H,13,14)/t8-/m0/s1. The molecule has 0 fully saturated rings. The Morgan fingerprint density at radius 3 is 2.53 bits per heavy atom. The average molecular weight is 276 g/mol. The van der Waals surface area contributed by atoms with Crippen LogP contribution in [-0.4, -0.2) is 25.8 Å². The van der Waals surface area contributed by atoms with E-state index in [9.17, 15) is 13.2 Å². The number of hydrogen-bond acceptors (Lipinski definition) is 3. The van der Waals surface area contributed by atoms with Crippen LogP contribution in [0.4, 0.5) is 5.69 Å². The van der Waals surface area contributed by atoms with Crippen molar-refractivity contribution in [2.24, 2.45) is 0 Å². The Morgan fingerprint density at radius 1 is 1.41 bits per heavy atom. The molecule has 0 unspecified atom stereocenters. The molecule has 0 radical (unpaired) electrons. The summed E-state index contributed by atoms with van der Waals surface area (Å²) < 4.78 is 22.5. The van der Waals surface area contributed by atoms with E-state index < -0.39 is 21.0 Å². The number of nitrogens with one attached hydrogen (secondary N) is 1. The van der Waals surface area contributed by atoms with Gasteiger partial charge in [-0.05, 0) is 31.5 Å². The summed E-state index contributed by atoms with van der Waals surface area (Å²) in [4.78, 5) is 11.7. The molecule has 0 saturated heterocycles. The molecule has 0 aliphatic heterocycles. The smallest absolute Gasteiger partial charge is 0.242 e. The molecule has 94 valence electrons. The lowest BCUT2D eigenvalue weighted by atomic mass is 10.2. The number of rotatable bonds is 3. The third kappa shape index (κ3) is 3.44. The van der Waals surface area contributed by atoms with E-state index in [0.717, 1.165) is 6.26 Å². The summed E-state index contributed by atoms with van der Waals surface area (Å²) in [6.45, 7) is 3.10. The molecule has 0 spiro atoms. The van der Waals surface area contributed by atoms with Crippen LogP contribution < -0.4 is 5.32 Å². The van der Waals surface area contributed by atoms with Gasteiger partial charge in [0, 0.05) is 17.0 Å². The summed E-state index contributed by atoms with van der Waals surface area (Å²) in [5.74, 6) is -0.558. The second-order valence-corrected chi connectivity index (χ2v) is 6.65. The quantitative estimate of drug-likeness (QED) is 0.918. The first-order chi connectivity index (χ1) is 7.73. The molecular formula is C11H14ClNO3S. The summed E-state index contributed by atoms with van der Waals surface area (Å²) in [5, 5.41) is 2.00. The second kappa shape index (κ2) is 5.06. The van der Waals surface area contributed by atoms with Crippen LogP contribution in [0, 0.1) is 6.92 Å². The minimum absolute atomic E-state index is 0.523. The topological polar surface area (TPSA) is 63.2 Å². The van der Waals surface area contributed by atoms with Gasteiger partial charge in [0.2, 0.25) is 5.91 Å².